The van der Waals surface area contributed by atoms with E-state index in [0.717, 1.165) is 5.69 Å². The van der Waals surface area contributed by atoms with Gasteiger partial charge in [-0.2, -0.15) is 5.26 Å². The van der Waals surface area contributed by atoms with E-state index in [-0.39, 0.29) is 18.9 Å². The maximum Gasteiger partial charge on any atom is 0.338 e. The third kappa shape index (κ3) is 5.32. The fourth-order valence-corrected chi connectivity index (χ4v) is 2.53. The highest BCUT2D eigenvalue weighted by Gasteiger charge is 2.25. The molecule has 6 heteroatoms. The van der Waals surface area contributed by atoms with Crippen molar-refractivity contribution in [3.63, 3.8) is 0 Å². The fraction of sp³-hybridized carbons (Fsp3) is 0.286. The van der Waals surface area contributed by atoms with Gasteiger partial charge >= 0.3 is 5.97 Å². The van der Waals surface area contributed by atoms with Crippen molar-refractivity contribution in [1.29, 1.82) is 5.26 Å². The average Bonchev–Trinajstić information content (AvgIpc) is 2.68. The summed E-state index contributed by atoms with van der Waals surface area (Å²) in [7, 11) is 3.82. The van der Waals surface area contributed by atoms with E-state index in [2.05, 4.69) is 0 Å². The highest BCUT2D eigenvalue weighted by molar-refractivity contribution is 5.99. The maximum atomic E-state index is 12.8. The second-order valence-corrected chi connectivity index (χ2v) is 6.22. The molecule has 0 saturated carbocycles. The first-order chi connectivity index (χ1) is 12.9. The number of hydrogen-bond acceptors (Lipinski definition) is 5. The highest BCUT2D eigenvalue weighted by Crippen LogP contribution is 2.17. The van der Waals surface area contributed by atoms with Crippen LogP contribution in [0.15, 0.2) is 54.6 Å². The Hall–Kier alpha value is -3.33. The second-order valence-electron chi connectivity index (χ2n) is 6.22. The smallest absolute Gasteiger partial charge is 0.338 e. The molecular weight excluding hydrogens is 342 g/mol. The number of rotatable bonds is 7. The van der Waals surface area contributed by atoms with Crippen molar-refractivity contribution in [2.75, 3.05) is 30.4 Å². The van der Waals surface area contributed by atoms with Crippen LogP contribution >= 0.6 is 0 Å². The molecule has 1 atom stereocenters. The summed E-state index contributed by atoms with van der Waals surface area (Å²) in [6, 6.07) is 18.0. The Kier molecular flexibility index (Phi) is 6.95. The van der Waals surface area contributed by atoms with Crippen LogP contribution in [0, 0.1) is 11.3 Å². The zero-order valence-electron chi connectivity index (χ0n) is 15.8. The number of nitriles is 1. The van der Waals surface area contributed by atoms with Gasteiger partial charge in [-0.15, -0.1) is 0 Å². The number of nitrogens with zero attached hydrogens (tertiary/aromatic N) is 3. The Morgan fingerprint density at radius 3 is 2.22 bits per heavy atom. The van der Waals surface area contributed by atoms with E-state index < -0.39 is 12.1 Å². The number of ether oxygens (including phenoxy) is 1. The van der Waals surface area contributed by atoms with E-state index in [1.54, 1.807) is 24.3 Å². The molecular formula is C21H23N3O3. The molecule has 2 aromatic rings. The first-order valence-corrected chi connectivity index (χ1v) is 8.65. The third-order valence-corrected chi connectivity index (χ3v) is 4.03. The van der Waals surface area contributed by atoms with Crippen molar-refractivity contribution in [3.8, 4) is 6.07 Å². The lowest BCUT2D eigenvalue weighted by Gasteiger charge is -2.25. The molecule has 2 aromatic carbocycles. The van der Waals surface area contributed by atoms with Gasteiger partial charge < -0.3 is 14.5 Å². The van der Waals surface area contributed by atoms with Crippen LogP contribution in [0.25, 0.3) is 0 Å². The normalized spacial score (nSPS) is 11.2. The molecule has 0 aliphatic carbocycles. The predicted molar refractivity (Wildman–Crippen MR) is 105 cm³/mol. The van der Waals surface area contributed by atoms with Gasteiger partial charge in [-0.05, 0) is 43.3 Å². The average molecular weight is 365 g/mol. The van der Waals surface area contributed by atoms with Crippen molar-refractivity contribution < 1.29 is 14.3 Å². The highest BCUT2D eigenvalue weighted by atomic mass is 16.5. The van der Waals surface area contributed by atoms with Gasteiger partial charge in [0.2, 0.25) is 0 Å². The van der Waals surface area contributed by atoms with Gasteiger partial charge in [0.05, 0.1) is 18.1 Å². The Labute approximate surface area is 159 Å². The Morgan fingerprint density at radius 1 is 1.04 bits per heavy atom. The molecule has 0 spiro atoms. The largest absolute Gasteiger partial charge is 0.449 e. The molecule has 2 rings (SSSR count). The summed E-state index contributed by atoms with van der Waals surface area (Å²) in [4.78, 5) is 28.5. The molecule has 0 unspecified atom stereocenters. The van der Waals surface area contributed by atoms with Gasteiger partial charge in [-0.3, -0.25) is 4.79 Å². The summed E-state index contributed by atoms with van der Waals surface area (Å²) in [5.41, 5.74) is 2.00. The Balaban J connectivity index is 2.09. The minimum absolute atomic E-state index is 0.188. The van der Waals surface area contributed by atoms with Crippen LogP contribution in [-0.4, -0.2) is 38.6 Å². The summed E-state index contributed by atoms with van der Waals surface area (Å²) in [6.45, 7) is 1.77. The van der Waals surface area contributed by atoms with Crippen LogP contribution < -0.4 is 9.80 Å². The van der Waals surface area contributed by atoms with E-state index in [9.17, 15) is 9.59 Å². The molecule has 0 fully saturated rings. The molecule has 0 N–H and O–H groups in total. The van der Waals surface area contributed by atoms with Crippen LogP contribution in [0.1, 0.15) is 23.7 Å². The van der Waals surface area contributed by atoms with Crippen LogP contribution in [0.3, 0.4) is 0 Å². The SMILES string of the molecule is C[C@H](OC(=O)c1ccc(N(C)C)cc1)C(=O)N(CCC#N)c1ccccc1. The number of amides is 1. The molecule has 1 amide bonds. The number of esters is 1. The number of carbonyl (C=O) groups excluding carboxylic acids is 2. The van der Waals surface area contributed by atoms with Gasteiger partial charge in [0.15, 0.2) is 6.10 Å². The minimum atomic E-state index is -0.968. The molecule has 27 heavy (non-hydrogen) atoms. The Morgan fingerprint density at radius 2 is 1.67 bits per heavy atom. The van der Waals surface area contributed by atoms with Gasteiger partial charge in [0.1, 0.15) is 0 Å². The lowest BCUT2D eigenvalue weighted by molar-refractivity contribution is -0.126. The lowest BCUT2D eigenvalue weighted by Crippen LogP contribution is -2.40. The van der Waals surface area contributed by atoms with Crippen LogP contribution in [0.2, 0.25) is 0 Å². The van der Waals surface area contributed by atoms with E-state index in [4.69, 9.17) is 10.00 Å². The van der Waals surface area contributed by atoms with Crippen molar-refractivity contribution in [2.45, 2.75) is 19.4 Å². The topological polar surface area (TPSA) is 73.6 Å². The monoisotopic (exact) mass is 365 g/mol. The van der Waals surface area contributed by atoms with Crippen molar-refractivity contribution in [2.24, 2.45) is 0 Å². The maximum absolute atomic E-state index is 12.8. The van der Waals surface area contributed by atoms with Gasteiger partial charge in [0.25, 0.3) is 5.91 Å². The van der Waals surface area contributed by atoms with Gasteiger partial charge in [-0.25, -0.2) is 4.79 Å². The zero-order valence-corrected chi connectivity index (χ0v) is 15.8. The number of para-hydroxylation sites is 1. The summed E-state index contributed by atoms with van der Waals surface area (Å²) in [5, 5.41) is 8.86. The Bertz CT molecular complexity index is 811. The fourth-order valence-electron chi connectivity index (χ4n) is 2.53. The molecule has 6 nitrogen and oxygen atoms in total. The van der Waals surface area contributed by atoms with E-state index in [1.807, 2.05) is 55.4 Å². The standard InChI is InChI=1S/C21H23N3O3/c1-16(27-21(26)17-10-12-18(13-11-17)23(2)3)20(25)24(15-7-14-22)19-8-5-4-6-9-19/h4-6,8-13,16H,7,15H2,1-3H3/t16-/m0/s1. The summed E-state index contributed by atoms with van der Waals surface area (Å²) in [6.07, 6.45) is -0.780. The predicted octanol–water partition coefficient (Wildman–Crippen LogP) is 3.24. The van der Waals surface area contributed by atoms with Crippen LogP contribution in [-0.2, 0) is 9.53 Å². The third-order valence-electron chi connectivity index (χ3n) is 4.03. The van der Waals surface area contributed by atoms with E-state index in [0.29, 0.717) is 11.3 Å². The molecule has 0 saturated heterocycles. The van der Waals surface area contributed by atoms with Gasteiger partial charge in [0, 0.05) is 32.0 Å². The summed E-state index contributed by atoms with van der Waals surface area (Å²) in [5.74, 6) is -0.927. The molecule has 0 aliphatic heterocycles. The first-order valence-electron chi connectivity index (χ1n) is 8.65. The molecule has 0 heterocycles. The van der Waals surface area contributed by atoms with Crippen molar-refractivity contribution in [3.05, 3.63) is 60.2 Å². The second kappa shape index (κ2) is 9.39. The molecule has 140 valence electrons. The van der Waals surface area contributed by atoms with Crippen LogP contribution in [0.5, 0.6) is 0 Å². The minimum Gasteiger partial charge on any atom is -0.449 e. The number of benzene rings is 2. The van der Waals surface area contributed by atoms with E-state index in [1.165, 1.54) is 11.8 Å². The number of hydrogen-bond donors (Lipinski definition) is 0. The molecule has 0 aromatic heterocycles. The quantitative estimate of drug-likeness (QED) is 0.704. The van der Waals surface area contributed by atoms with Gasteiger partial charge in [-0.1, -0.05) is 18.2 Å². The summed E-state index contributed by atoms with van der Waals surface area (Å²) >= 11 is 0. The molecule has 0 bridgehead atoms. The summed E-state index contributed by atoms with van der Waals surface area (Å²) < 4.78 is 5.35. The van der Waals surface area contributed by atoms with Crippen molar-refractivity contribution >= 4 is 23.3 Å². The molecule has 0 radical (unpaired) electrons. The zero-order chi connectivity index (χ0) is 19.8. The van der Waals surface area contributed by atoms with Crippen molar-refractivity contribution in [1.82, 2.24) is 0 Å². The number of carbonyl (C=O) groups is 2. The number of anilines is 2. The molecule has 0 aliphatic rings. The van der Waals surface area contributed by atoms with Crippen LogP contribution in [0.4, 0.5) is 11.4 Å². The lowest BCUT2D eigenvalue weighted by atomic mass is 10.2. The first kappa shape index (κ1) is 20.0. The van der Waals surface area contributed by atoms with E-state index >= 15 is 0 Å².